The summed E-state index contributed by atoms with van der Waals surface area (Å²) in [6.07, 6.45) is 5.95. The first-order valence-corrected chi connectivity index (χ1v) is 7.75. The van der Waals surface area contributed by atoms with Crippen LogP contribution in [0.4, 0.5) is 4.79 Å². The van der Waals surface area contributed by atoms with Gasteiger partial charge in [0.1, 0.15) is 5.54 Å². The molecule has 0 radical (unpaired) electrons. The van der Waals surface area contributed by atoms with Crippen molar-refractivity contribution in [2.75, 3.05) is 6.54 Å². The number of nitrogens with zero attached hydrogens (tertiary/aromatic N) is 1. The Hall–Kier alpha value is -1.26. The topological polar surface area (TPSA) is 69.6 Å². The molecule has 1 aliphatic carbocycles. The average Bonchev–Trinajstić information content (AvgIpc) is 2.83. The number of carboxylic acids is 1. The molecule has 1 saturated carbocycles. The number of aliphatic carboxylic acids is 1. The van der Waals surface area contributed by atoms with Gasteiger partial charge in [0.25, 0.3) is 0 Å². The van der Waals surface area contributed by atoms with Crippen molar-refractivity contribution in [2.45, 2.75) is 77.3 Å². The van der Waals surface area contributed by atoms with Crippen LogP contribution in [-0.2, 0) is 4.79 Å². The lowest BCUT2D eigenvalue weighted by atomic mass is 9.98. The fourth-order valence-electron chi connectivity index (χ4n) is 2.77. The Labute approximate surface area is 121 Å². The number of unbranched alkanes of at least 4 members (excludes halogenated alkanes) is 2. The summed E-state index contributed by atoms with van der Waals surface area (Å²) in [6.45, 7) is 6.74. The molecule has 0 atom stereocenters. The summed E-state index contributed by atoms with van der Waals surface area (Å²) in [4.78, 5) is 25.6. The van der Waals surface area contributed by atoms with Gasteiger partial charge in [-0.25, -0.2) is 9.59 Å². The van der Waals surface area contributed by atoms with Gasteiger partial charge in [0, 0.05) is 12.6 Å². The van der Waals surface area contributed by atoms with Gasteiger partial charge >= 0.3 is 12.0 Å². The maximum Gasteiger partial charge on any atom is 0.329 e. The molecule has 2 amide bonds. The second-order valence-electron chi connectivity index (χ2n) is 6.02. The molecule has 5 heteroatoms. The first-order chi connectivity index (χ1) is 9.43. The van der Waals surface area contributed by atoms with Crippen LogP contribution in [0.1, 0.15) is 65.7 Å². The van der Waals surface area contributed by atoms with Gasteiger partial charge in [-0.1, -0.05) is 32.6 Å². The minimum atomic E-state index is -1.05. The van der Waals surface area contributed by atoms with Crippen molar-refractivity contribution in [1.29, 1.82) is 0 Å². The number of carbonyl (C=O) groups excluding carboxylic acids is 1. The largest absolute Gasteiger partial charge is 0.480 e. The van der Waals surface area contributed by atoms with Crippen LogP contribution >= 0.6 is 0 Å². The molecule has 0 unspecified atom stereocenters. The molecule has 0 saturated heterocycles. The second kappa shape index (κ2) is 7.50. The molecule has 0 heterocycles. The first kappa shape index (κ1) is 16.8. The lowest BCUT2D eigenvalue weighted by Gasteiger charge is -2.32. The minimum Gasteiger partial charge on any atom is -0.480 e. The number of nitrogens with one attached hydrogen (secondary N) is 1. The molecular weight excluding hydrogens is 256 g/mol. The number of carboxylic acid groups (broad SMARTS) is 1. The zero-order valence-corrected chi connectivity index (χ0v) is 12.9. The van der Waals surface area contributed by atoms with Gasteiger partial charge in [0.05, 0.1) is 0 Å². The quantitative estimate of drug-likeness (QED) is 0.706. The molecule has 5 nitrogen and oxygen atoms in total. The minimum absolute atomic E-state index is 0.0825. The van der Waals surface area contributed by atoms with E-state index in [9.17, 15) is 14.7 Å². The molecule has 2 N–H and O–H groups in total. The van der Waals surface area contributed by atoms with E-state index in [4.69, 9.17) is 0 Å². The predicted molar refractivity (Wildman–Crippen MR) is 78.7 cm³/mol. The number of amides is 2. The molecule has 20 heavy (non-hydrogen) atoms. The maximum absolute atomic E-state index is 12.4. The summed E-state index contributed by atoms with van der Waals surface area (Å²) >= 11 is 0. The Kier molecular flexibility index (Phi) is 6.30. The van der Waals surface area contributed by atoms with E-state index in [2.05, 4.69) is 12.2 Å². The lowest BCUT2D eigenvalue weighted by molar-refractivity contribution is -0.144. The van der Waals surface area contributed by atoms with Crippen LogP contribution in [0.2, 0.25) is 0 Å². The summed E-state index contributed by atoms with van der Waals surface area (Å²) in [6, 6.07) is -0.153. The number of urea groups is 1. The fourth-order valence-corrected chi connectivity index (χ4v) is 2.77. The molecule has 1 fully saturated rings. The van der Waals surface area contributed by atoms with Crippen LogP contribution < -0.4 is 5.32 Å². The highest BCUT2D eigenvalue weighted by Gasteiger charge is 2.43. The standard InChI is InChI=1S/C15H28N2O3/c1-4-5-8-11-17(12(2)3)14(20)16-15(13(18)19)9-6-7-10-15/h12H,4-11H2,1-3H3,(H,16,20)(H,18,19). The number of carbonyl (C=O) groups is 2. The summed E-state index contributed by atoms with van der Waals surface area (Å²) < 4.78 is 0. The van der Waals surface area contributed by atoms with E-state index >= 15 is 0 Å². The van der Waals surface area contributed by atoms with Gasteiger partial charge in [0.15, 0.2) is 0 Å². The Morgan fingerprint density at radius 1 is 1.25 bits per heavy atom. The molecule has 0 bridgehead atoms. The Bertz CT molecular complexity index is 336. The number of rotatable bonds is 7. The van der Waals surface area contributed by atoms with Crippen molar-refractivity contribution in [3.63, 3.8) is 0 Å². The molecule has 0 spiro atoms. The molecule has 0 aromatic heterocycles. The van der Waals surface area contributed by atoms with E-state index in [1.165, 1.54) is 0 Å². The van der Waals surface area contributed by atoms with Gasteiger partial charge in [-0.3, -0.25) is 0 Å². The van der Waals surface area contributed by atoms with Crippen LogP contribution in [0.15, 0.2) is 0 Å². The Balaban J connectivity index is 2.67. The first-order valence-electron chi connectivity index (χ1n) is 7.75. The monoisotopic (exact) mass is 284 g/mol. The average molecular weight is 284 g/mol. The molecule has 1 rings (SSSR count). The second-order valence-corrected chi connectivity index (χ2v) is 6.02. The van der Waals surface area contributed by atoms with Crippen LogP contribution in [0.25, 0.3) is 0 Å². The van der Waals surface area contributed by atoms with Crippen molar-refractivity contribution in [3.8, 4) is 0 Å². The normalized spacial score (nSPS) is 17.2. The van der Waals surface area contributed by atoms with E-state index in [-0.39, 0.29) is 12.1 Å². The zero-order valence-electron chi connectivity index (χ0n) is 12.9. The van der Waals surface area contributed by atoms with Crippen molar-refractivity contribution >= 4 is 12.0 Å². The van der Waals surface area contributed by atoms with Gasteiger partial charge < -0.3 is 15.3 Å². The van der Waals surface area contributed by atoms with Crippen molar-refractivity contribution < 1.29 is 14.7 Å². The van der Waals surface area contributed by atoms with Gasteiger partial charge in [0.2, 0.25) is 0 Å². The molecule has 0 aliphatic heterocycles. The molecular formula is C15H28N2O3. The third-order valence-corrected chi connectivity index (χ3v) is 4.10. The number of hydrogen-bond acceptors (Lipinski definition) is 2. The maximum atomic E-state index is 12.4. The van der Waals surface area contributed by atoms with Gasteiger partial charge in [-0.2, -0.15) is 0 Å². The third kappa shape index (κ3) is 4.12. The molecule has 0 aromatic carbocycles. The van der Waals surface area contributed by atoms with Crippen molar-refractivity contribution in [2.24, 2.45) is 0 Å². The van der Waals surface area contributed by atoms with E-state index in [1.54, 1.807) is 4.90 Å². The summed E-state index contributed by atoms with van der Waals surface area (Å²) in [5, 5.41) is 12.2. The smallest absolute Gasteiger partial charge is 0.329 e. The highest BCUT2D eigenvalue weighted by atomic mass is 16.4. The highest BCUT2D eigenvalue weighted by Crippen LogP contribution is 2.30. The molecule has 0 aromatic rings. The molecule has 116 valence electrons. The van der Waals surface area contributed by atoms with Crippen molar-refractivity contribution in [3.05, 3.63) is 0 Å². The van der Waals surface area contributed by atoms with E-state index in [0.717, 1.165) is 32.1 Å². The van der Waals surface area contributed by atoms with Crippen LogP contribution in [0.3, 0.4) is 0 Å². The van der Waals surface area contributed by atoms with E-state index in [1.807, 2.05) is 13.8 Å². The number of hydrogen-bond donors (Lipinski definition) is 2. The Morgan fingerprint density at radius 2 is 1.85 bits per heavy atom. The SMILES string of the molecule is CCCCCN(C(=O)NC1(C(=O)O)CCCC1)C(C)C. The van der Waals surface area contributed by atoms with Crippen LogP contribution in [0.5, 0.6) is 0 Å². The Morgan fingerprint density at radius 3 is 2.30 bits per heavy atom. The zero-order chi connectivity index (χ0) is 15.2. The van der Waals surface area contributed by atoms with Crippen LogP contribution in [0, 0.1) is 0 Å². The predicted octanol–water partition coefficient (Wildman–Crippen LogP) is 2.99. The fraction of sp³-hybridized carbons (Fsp3) is 0.867. The van der Waals surface area contributed by atoms with E-state index < -0.39 is 11.5 Å². The van der Waals surface area contributed by atoms with Crippen LogP contribution in [-0.4, -0.2) is 40.1 Å². The van der Waals surface area contributed by atoms with Crippen molar-refractivity contribution in [1.82, 2.24) is 10.2 Å². The summed E-state index contributed by atoms with van der Waals surface area (Å²) in [5.74, 6) is -0.902. The third-order valence-electron chi connectivity index (χ3n) is 4.10. The lowest BCUT2D eigenvalue weighted by Crippen LogP contribution is -2.57. The van der Waals surface area contributed by atoms with E-state index in [0.29, 0.717) is 19.4 Å². The van der Waals surface area contributed by atoms with Gasteiger partial charge in [-0.05, 0) is 33.1 Å². The molecule has 1 aliphatic rings. The summed E-state index contributed by atoms with van der Waals surface area (Å²) in [5.41, 5.74) is -1.05. The highest BCUT2D eigenvalue weighted by molar-refractivity contribution is 5.86. The summed E-state index contributed by atoms with van der Waals surface area (Å²) in [7, 11) is 0. The van der Waals surface area contributed by atoms with Gasteiger partial charge in [-0.15, -0.1) is 0 Å².